The van der Waals surface area contributed by atoms with Gasteiger partial charge in [0.25, 0.3) is 17.7 Å². The minimum absolute atomic E-state index is 0.0380. The van der Waals surface area contributed by atoms with Crippen LogP contribution in [0.2, 0.25) is 5.02 Å². The summed E-state index contributed by atoms with van der Waals surface area (Å²) in [4.78, 5) is 43.6. The lowest BCUT2D eigenvalue weighted by Gasteiger charge is -2.32. The molecule has 0 bridgehead atoms. The van der Waals surface area contributed by atoms with Crippen molar-refractivity contribution in [3.63, 3.8) is 0 Å². The van der Waals surface area contributed by atoms with Crippen LogP contribution in [0.4, 0.5) is 11.4 Å². The number of carbonyl (C=O) groups excluding carboxylic acids is 3. The van der Waals surface area contributed by atoms with Crippen molar-refractivity contribution in [3.8, 4) is 0 Å². The van der Waals surface area contributed by atoms with Gasteiger partial charge in [0.2, 0.25) is 0 Å². The first-order valence-corrected chi connectivity index (χ1v) is 10.9. The number of nitrogens with zero attached hydrogens (tertiary/aromatic N) is 3. The van der Waals surface area contributed by atoms with Crippen LogP contribution in [0, 0.1) is 6.92 Å². The van der Waals surface area contributed by atoms with E-state index in [1.165, 1.54) is 6.07 Å². The topological polar surface area (TPSA) is 73.0 Å². The van der Waals surface area contributed by atoms with E-state index in [1.807, 2.05) is 18.9 Å². The molecule has 0 saturated carbocycles. The number of anilines is 2. The molecule has 166 valence electrons. The fraction of sp³-hybridized carbons (Fsp3) is 0.261. The van der Waals surface area contributed by atoms with Gasteiger partial charge in [-0.05, 0) is 49.9 Å². The molecule has 3 amide bonds. The van der Waals surface area contributed by atoms with E-state index in [2.05, 4.69) is 10.2 Å². The number of amides is 3. The van der Waals surface area contributed by atoms with Gasteiger partial charge in [-0.3, -0.25) is 14.4 Å². The van der Waals surface area contributed by atoms with Gasteiger partial charge in [0.1, 0.15) is 10.7 Å². The Labute approximate surface area is 196 Å². The SMILES string of the molecule is Cc1ccc(C(=O)N2CCN(C)CC2)cc1NC1=C(Cl)C(=O)N(c2cccc(Cl)c2)C1=O. The van der Waals surface area contributed by atoms with E-state index in [4.69, 9.17) is 23.2 Å². The number of carbonyl (C=O) groups is 3. The normalized spacial score (nSPS) is 17.4. The quantitative estimate of drug-likeness (QED) is 0.689. The Morgan fingerprint density at radius 3 is 2.38 bits per heavy atom. The number of piperazine rings is 1. The fourth-order valence-corrected chi connectivity index (χ4v) is 4.07. The largest absolute Gasteiger partial charge is 0.349 e. The Hall–Kier alpha value is -2.87. The maximum absolute atomic E-state index is 13.0. The van der Waals surface area contributed by atoms with Crippen LogP contribution in [0.1, 0.15) is 15.9 Å². The maximum atomic E-state index is 13.0. The third-order valence-corrected chi connectivity index (χ3v) is 6.21. The van der Waals surface area contributed by atoms with E-state index >= 15 is 0 Å². The summed E-state index contributed by atoms with van der Waals surface area (Å²) in [6, 6.07) is 11.7. The second-order valence-electron chi connectivity index (χ2n) is 7.86. The highest BCUT2D eigenvalue weighted by molar-refractivity contribution is 6.53. The average Bonchev–Trinajstić information content (AvgIpc) is 2.98. The molecule has 0 atom stereocenters. The van der Waals surface area contributed by atoms with Crippen LogP contribution in [0.5, 0.6) is 0 Å². The summed E-state index contributed by atoms with van der Waals surface area (Å²) in [7, 11) is 2.03. The highest BCUT2D eigenvalue weighted by atomic mass is 35.5. The van der Waals surface area contributed by atoms with Gasteiger partial charge in [-0.1, -0.05) is 35.3 Å². The van der Waals surface area contributed by atoms with Crippen LogP contribution in [-0.4, -0.2) is 60.7 Å². The summed E-state index contributed by atoms with van der Waals surface area (Å²) in [6.07, 6.45) is 0. The first-order chi connectivity index (χ1) is 15.3. The highest BCUT2D eigenvalue weighted by Crippen LogP contribution is 2.32. The molecule has 2 aliphatic heterocycles. The summed E-state index contributed by atoms with van der Waals surface area (Å²) in [5, 5.41) is 3.16. The second-order valence-corrected chi connectivity index (χ2v) is 8.68. The Morgan fingerprint density at radius 2 is 1.69 bits per heavy atom. The molecule has 1 fully saturated rings. The molecule has 2 heterocycles. The number of imide groups is 1. The van der Waals surface area contributed by atoms with Gasteiger partial charge in [-0.2, -0.15) is 0 Å². The molecule has 7 nitrogen and oxygen atoms in total. The second kappa shape index (κ2) is 8.94. The number of rotatable bonds is 4. The lowest BCUT2D eigenvalue weighted by Crippen LogP contribution is -2.47. The van der Waals surface area contributed by atoms with Crippen LogP contribution in [0.25, 0.3) is 0 Å². The molecule has 0 unspecified atom stereocenters. The molecule has 32 heavy (non-hydrogen) atoms. The van der Waals surface area contributed by atoms with Crippen molar-refractivity contribution in [3.05, 3.63) is 69.3 Å². The number of likely N-dealkylation sites (N-methyl/N-ethyl adjacent to an activating group) is 1. The summed E-state index contributed by atoms with van der Waals surface area (Å²) in [6.45, 7) is 4.80. The molecule has 1 N–H and O–H groups in total. The van der Waals surface area contributed by atoms with Crippen molar-refractivity contribution in [1.29, 1.82) is 0 Å². The van der Waals surface area contributed by atoms with E-state index < -0.39 is 11.8 Å². The molecule has 2 aromatic carbocycles. The Bertz CT molecular complexity index is 1140. The zero-order valence-electron chi connectivity index (χ0n) is 17.7. The first-order valence-electron chi connectivity index (χ1n) is 10.2. The Balaban J connectivity index is 1.58. The van der Waals surface area contributed by atoms with Gasteiger partial charge < -0.3 is 15.1 Å². The summed E-state index contributed by atoms with van der Waals surface area (Å²) in [5.41, 5.74) is 2.13. The minimum Gasteiger partial charge on any atom is -0.349 e. The summed E-state index contributed by atoms with van der Waals surface area (Å²) < 4.78 is 0. The fourth-order valence-electron chi connectivity index (χ4n) is 3.68. The number of nitrogens with one attached hydrogen (secondary N) is 1. The minimum atomic E-state index is -0.635. The Morgan fingerprint density at radius 1 is 0.969 bits per heavy atom. The van der Waals surface area contributed by atoms with Crippen LogP contribution in [-0.2, 0) is 9.59 Å². The van der Waals surface area contributed by atoms with Gasteiger partial charge >= 0.3 is 0 Å². The van der Waals surface area contributed by atoms with Crippen LogP contribution >= 0.6 is 23.2 Å². The molecular formula is C23H22Cl2N4O3. The first kappa shape index (κ1) is 22.3. The van der Waals surface area contributed by atoms with Gasteiger partial charge in [0.05, 0.1) is 5.69 Å². The van der Waals surface area contributed by atoms with E-state index in [1.54, 1.807) is 36.4 Å². The number of halogens is 2. The number of hydrogen-bond acceptors (Lipinski definition) is 5. The van der Waals surface area contributed by atoms with Crippen molar-refractivity contribution in [2.75, 3.05) is 43.4 Å². The van der Waals surface area contributed by atoms with Crippen molar-refractivity contribution in [1.82, 2.24) is 9.80 Å². The van der Waals surface area contributed by atoms with Gasteiger partial charge in [0.15, 0.2) is 0 Å². The number of hydrogen-bond donors (Lipinski definition) is 1. The highest BCUT2D eigenvalue weighted by Gasteiger charge is 2.39. The zero-order chi connectivity index (χ0) is 23.0. The van der Waals surface area contributed by atoms with Crippen LogP contribution in [0.15, 0.2) is 53.2 Å². The molecule has 1 saturated heterocycles. The molecule has 0 aromatic heterocycles. The third kappa shape index (κ3) is 4.24. The van der Waals surface area contributed by atoms with E-state index in [-0.39, 0.29) is 16.6 Å². The lowest BCUT2D eigenvalue weighted by molar-refractivity contribution is -0.120. The molecular weight excluding hydrogens is 451 g/mol. The van der Waals surface area contributed by atoms with Crippen molar-refractivity contribution in [2.45, 2.75) is 6.92 Å². The van der Waals surface area contributed by atoms with E-state index in [9.17, 15) is 14.4 Å². The molecule has 4 rings (SSSR count). The van der Waals surface area contributed by atoms with Crippen molar-refractivity contribution >= 4 is 52.3 Å². The lowest BCUT2D eigenvalue weighted by atomic mass is 10.1. The summed E-state index contributed by atoms with van der Waals surface area (Å²) >= 11 is 12.3. The molecule has 0 radical (unpaired) electrons. The number of benzene rings is 2. The van der Waals surface area contributed by atoms with Crippen LogP contribution < -0.4 is 10.2 Å². The van der Waals surface area contributed by atoms with Gasteiger partial charge in [0, 0.05) is 42.5 Å². The van der Waals surface area contributed by atoms with Crippen molar-refractivity contribution < 1.29 is 14.4 Å². The van der Waals surface area contributed by atoms with E-state index in [0.717, 1.165) is 23.6 Å². The smallest absolute Gasteiger partial charge is 0.283 e. The predicted octanol–water partition coefficient (Wildman–Crippen LogP) is 3.47. The zero-order valence-corrected chi connectivity index (χ0v) is 19.2. The predicted molar refractivity (Wildman–Crippen MR) is 125 cm³/mol. The molecule has 2 aromatic rings. The standard InChI is InChI=1S/C23H22Cl2N4O3/c1-14-6-7-15(21(30)28-10-8-27(2)9-11-28)12-18(14)26-20-19(25)22(31)29(23(20)32)17-5-3-4-16(24)13-17/h3-7,12-13,26H,8-11H2,1-2H3. The van der Waals surface area contributed by atoms with Crippen molar-refractivity contribution in [2.24, 2.45) is 0 Å². The molecule has 2 aliphatic rings. The van der Waals surface area contributed by atoms with Crippen LogP contribution in [0.3, 0.4) is 0 Å². The Kier molecular flexibility index (Phi) is 6.24. The monoisotopic (exact) mass is 472 g/mol. The number of aryl methyl sites for hydroxylation is 1. The summed E-state index contributed by atoms with van der Waals surface area (Å²) in [5.74, 6) is -1.29. The molecule has 9 heteroatoms. The van der Waals surface area contributed by atoms with E-state index in [0.29, 0.717) is 35.1 Å². The maximum Gasteiger partial charge on any atom is 0.283 e. The van der Waals surface area contributed by atoms with Gasteiger partial charge in [-0.15, -0.1) is 0 Å². The molecule has 0 spiro atoms. The molecule has 0 aliphatic carbocycles. The third-order valence-electron chi connectivity index (χ3n) is 5.63. The van der Waals surface area contributed by atoms with Gasteiger partial charge in [-0.25, -0.2) is 4.90 Å². The average molecular weight is 473 g/mol.